The summed E-state index contributed by atoms with van der Waals surface area (Å²) >= 11 is 0. The second-order valence-corrected chi connectivity index (χ2v) is 4.85. The topological polar surface area (TPSA) is 55.5 Å². The van der Waals surface area contributed by atoms with Crippen LogP contribution < -0.4 is 10.5 Å². The molecule has 3 nitrogen and oxygen atoms in total. The third-order valence-electron chi connectivity index (χ3n) is 3.70. The standard InChI is InChI=1S/C13H18FNO2/c1-8-3-12(17-2)10(4-11(8)14)13(7-15)5-9(16)6-13/h3-4,9,16H,5-7,15H2,1-2H3. The van der Waals surface area contributed by atoms with Crippen LogP contribution >= 0.6 is 0 Å². The first-order valence-electron chi connectivity index (χ1n) is 5.75. The molecule has 0 unspecified atom stereocenters. The minimum Gasteiger partial charge on any atom is -0.496 e. The summed E-state index contributed by atoms with van der Waals surface area (Å²) in [5, 5.41) is 9.47. The van der Waals surface area contributed by atoms with Crippen LogP contribution in [-0.4, -0.2) is 24.9 Å². The number of aliphatic hydroxyl groups excluding tert-OH is 1. The lowest BCUT2D eigenvalue weighted by atomic mass is 9.62. The van der Waals surface area contributed by atoms with Gasteiger partial charge in [0, 0.05) is 17.5 Å². The summed E-state index contributed by atoms with van der Waals surface area (Å²) in [4.78, 5) is 0. The zero-order valence-electron chi connectivity index (χ0n) is 10.2. The summed E-state index contributed by atoms with van der Waals surface area (Å²) < 4.78 is 19.0. The highest BCUT2D eigenvalue weighted by molar-refractivity contribution is 5.45. The number of hydrogen-bond donors (Lipinski definition) is 2. The molecule has 1 fully saturated rings. The summed E-state index contributed by atoms with van der Waals surface area (Å²) in [6, 6.07) is 3.18. The van der Waals surface area contributed by atoms with E-state index in [2.05, 4.69) is 0 Å². The van der Waals surface area contributed by atoms with Crippen molar-refractivity contribution in [2.75, 3.05) is 13.7 Å². The van der Waals surface area contributed by atoms with Crippen LogP contribution in [0.1, 0.15) is 24.0 Å². The largest absolute Gasteiger partial charge is 0.496 e. The van der Waals surface area contributed by atoms with Gasteiger partial charge in [-0.25, -0.2) is 4.39 Å². The van der Waals surface area contributed by atoms with E-state index < -0.39 is 0 Å². The van der Waals surface area contributed by atoms with Crippen LogP contribution in [0.2, 0.25) is 0 Å². The van der Waals surface area contributed by atoms with E-state index in [1.54, 1.807) is 20.1 Å². The quantitative estimate of drug-likeness (QED) is 0.840. The minimum absolute atomic E-state index is 0.255. The van der Waals surface area contributed by atoms with Gasteiger partial charge in [-0.15, -0.1) is 0 Å². The Morgan fingerprint density at radius 2 is 2.18 bits per heavy atom. The molecule has 94 valence electrons. The van der Waals surface area contributed by atoms with Gasteiger partial charge < -0.3 is 15.6 Å². The normalized spacial score (nSPS) is 27.7. The zero-order valence-corrected chi connectivity index (χ0v) is 10.2. The van der Waals surface area contributed by atoms with Gasteiger partial charge in [0.25, 0.3) is 0 Å². The van der Waals surface area contributed by atoms with Crippen molar-refractivity contribution in [1.82, 2.24) is 0 Å². The molecule has 1 aliphatic carbocycles. The van der Waals surface area contributed by atoms with Crippen molar-refractivity contribution in [2.45, 2.75) is 31.3 Å². The maximum Gasteiger partial charge on any atom is 0.126 e. The summed E-state index contributed by atoms with van der Waals surface area (Å²) in [5.74, 6) is 0.399. The maximum atomic E-state index is 13.7. The molecule has 0 atom stereocenters. The molecule has 0 amide bonds. The first-order chi connectivity index (χ1) is 8.02. The van der Waals surface area contributed by atoms with E-state index in [0.717, 1.165) is 5.56 Å². The van der Waals surface area contributed by atoms with Gasteiger partial charge in [0.05, 0.1) is 13.2 Å². The minimum atomic E-state index is -0.340. The van der Waals surface area contributed by atoms with Gasteiger partial charge in [-0.05, 0) is 37.5 Å². The number of halogens is 1. The van der Waals surface area contributed by atoms with Crippen molar-refractivity contribution in [1.29, 1.82) is 0 Å². The summed E-state index contributed by atoms with van der Waals surface area (Å²) in [5.41, 5.74) is 6.78. The average molecular weight is 239 g/mol. The van der Waals surface area contributed by atoms with Crippen LogP contribution in [0.25, 0.3) is 0 Å². The Hall–Kier alpha value is -1.13. The fraction of sp³-hybridized carbons (Fsp3) is 0.538. The number of aryl methyl sites for hydroxylation is 1. The number of aliphatic hydroxyl groups is 1. The Morgan fingerprint density at radius 1 is 1.53 bits per heavy atom. The Labute approximate surface area is 100 Å². The molecule has 17 heavy (non-hydrogen) atoms. The number of benzene rings is 1. The number of nitrogens with two attached hydrogens (primary N) is 1. The molecular weight excluding hydrogens is 221 g/mol. The maximum absolute atomic E-state index is 13.7. The zero-order chi connectivity index (χ0) is 12.6. The molecular formula is C13H18FNO2. The van der Waals surface area contributed by atoms with Gasteiger partial charge in [0.1, 0.15) is 11.6 Å². The first kappa shape index (κ1) is 12.3. The smallest absolute Gasteiger partial charge is 0.126 e. The number of methoxy groups -OCH3 is 1. The predicted octanol–water partition coefficient (Wildman–Crippen LogP) is 1.49. The Kier molecular flexibility index (Phi) is 3.10. The molecule has 1 aromatic rings. The molecule has 0 bridgehead atoms. The molecule has 0 aliphatic heterocycles. The van der Waals surface area contributed by atoms with Crippen LogP contribution in [-0.2, 0) is 5.41 Å². The predicted molar refractivity (Wildman–Crippen MR) is 63.7 cm³/mol. The van der Waals surface area contributed by atoms with Gasteiger partial charge >= 0.3 is 0 Å². The van der Waals surface area contributed by atoms with Gasteiger partial charge in [-0.3, -0.25) is 0 Å². The van der Waals surface area contributed by atoms with Crippen LogP contribution in [0.5, 0.6) is 5.75 Å². The van der Waals surface area contributed by atoms with Crippen molar-refractivity contribution >= 4 is 0 Å². The Bertz CT molecular complexity index is 428. The SMILES string of the molecule is COc1cc(C)c(F)cc1C1(CN)CC(O)C1. The lowest BCUT2D eigenvalue weighted by Gasteiger charge is -2.45. The molecule has 3 N–H and O–H groups in total. The Morgan fingerprint density at radius 3 is 2.65 bits per heavy atom. The average Bonchev–Trinajstić information content (AvgIpc) is 2.27. The molecule has 0 radical (unpaired) electrons. The molecule has 0 heterocycles. The van der Waals surface area contributed by atoms with Crippen molar-refractivity contribution in [3.63, 3.8) is 0 Å². The molecule has 0 spiro atoms. The molecule has 1 aliphatic rings. The lowest BCUT2D eigenvalue weighted by molar-refractivity contribution is 0.0209. The van der Waals surface area contributed by atoms with E-state index in [1.165, 1.54) is 6.07 Å². The third-order valence-corrected chi connectivity index (χ3v) is 3.70. The van der Waals surface area contributed by atoms with E-state index in [4.69, 9.17) is 10.5 Å². The second-order valence-electron chi connectivity index (χ2n) is 4.85. The number of hydrogen-bond acceptors (Lipinski definition) is 3. The fourth-order valence-corrected chi connectivity index (χ4v) is 2.58. The van der Waals surface area contributed by atoms with E-state index in [0.29, 0.717) is 30.7 Å². The van der Waals surface area contributed by atoms with E-state index in [1.807, 2.05) is 0 Å². The van der Waals surface area contributed by atoms with Gasteiger partial charge in [-0.1, -0.05) is 0 Å². The number of rotatable bonds is 3. The first-order valence-corrected chi connectivity index (χ1v) is 5.75. The summed E-state index contributed by atoms with van der Waals surface area (Å²) in [6.07, 6.45) is 0.803. The molecule has 1 saturated carbocycles. The van der Waals surface area contributed by atoms with Crippen LogP contribution in [0, 0.1) is 12.7 Å². The van der Waals surface area contributed by atoms with E-state index >= 15 is 0 Å². The van der Waals surface area contributed by atoms with Crippen molar-refractivity contribution in [2.24, 2.45) is 5.73 Å². The molecule has 2 rings (SSSR count). The monoisotopic (exact) mass is 239 g/mol. The fourth-order valence-electron chi connectivity index (χ4n) is 2.58. The molecule has 1 aromatic carbocycles. The van der Waals surface area contributed by atoms with E-state index in [9.17, 15) is 9.50 Å². The highest BCUT2D eigenvalue weighted by Gasteiger charge is 2.45. The third kappa shape index (κ3) is 1.91. The van der Waals surface area contributed by atoms with Crippen molar-refractivity contribution in [3.8, 4) is 5.75 Å². The highest BCUT2D eigenvalue weighted by atomic mass is 19.1. The van der Waals surface area contributed by atoms with Crippen molar-refractivity contribution in [3.05, 3.63) is 29.1 Å². The van der Waals surface area contributed by atoms with E-state index in [-0.39, 0.29) is 17.3 Å². The number of ether oxygens (including phenoxy) is 1. The summed E-state index contributed by atoms with van der Waals surface area (Å²) in [7, 11) is 1.56. The Balaban J connectivity index is 2.47. The van der Waals surface area contributed by atoms with Gasteiger partial charge in [0.15, 0.2) is 0 Å². The molecule has 0 aromatic heterocycles. The van der Waals surface area contributed by atoms with Gasteiger partial charge in [-0.2, -0.15) is 0 Å². The van der Waals surface area contributed by atoms with Crippen LogP contribution in [0.15, 0.2) is 12.1 Å². The molecule has 4 heteroatoms. The van der Waals surface area contributed by atoms with Crippen LogP contribution in [0.3, 0.4) is 0 Å². The highest BCUT2D eigenvalue weighted by Crippen LogP contribution is 2.47. The lowest BCUT2D eigenvalue weighted by Crippen LogP contribution is -2.50. The summed E-state index contributed by atoms with van der Waals surface area (Å²) in [6.45, 7) is 2.09. The van der Waals surface area contributed by atoms with Crippen LogP contribution in [0.4, 0.5) is 4.39 Å². The second kappa shape index (κ2) is 4.27. The van der Waals surface area contributed by atoms with Crippen molar-refractivity contribution < 1.29 is 14.2 Å². The van der Waals surface area contributed by atoms with Gasteiger partial charge in [0.2, 0.25) is 0 Å². The molecule has 0 saturated heterocycles.